The number of ether oxygens (including phenoxy) is 2. The zero-order chi connectivity index (χ0) is 37.2. The number of aliphatic hydroxyl groups excluding tert-OH is 4. The molecule has 5 unspecified atom stereocenters. The largest absolute Gasteiger partial charge is 0.490 e. The molecule has 6 heterocycles. The number of hydrogen-bond acceptors (Lipinski definition) is 19. The van der Waals surface area contributed by atoms with Crippen molar-refractivity contribution < 1.29 is 80.5 Å². The van der Waals surface area contributed by atoms with Crippen LogP contribution in [0.5, 0.6) is 0 Å². The summed E-state index contributed by atoms with van der Waals surface area (Å²) in [4.78, 5) is 70.5. The summed E-state index contributed by atoms with van der Waals surface area (Å²) in [5.74, 6) is -0.306. The van der Waals surface area contributed by atoms with Crippen molar-refractivity contribution in [3.8, 4) is 0 Å². The number of rotatable bonds is 12. The van der Waals surface area contributed by atoms with Crippen LogP contribution in [-0.2, 0) is 47.9 Å². The van der Waals surface area contributed by atoms with Gasteiger partial charge in [-0.3, -0.25) is 28.2 Å². The van der Waals surface area contributed by atoms with Crippen molar-refractivity contribution in [2.75, 3.05) is 18.9 Å². The van der Waals surface area contributed by atoms with Gasteiger partial charge in [0.05, 0.1) is 32.9 Å². The highest BCUT2D eigenvalue weighted by atomic mass is 31.3. The maximum Gasteiger partial charge on any atom is 0.490 e. The van der Waals surface area contributed by atoms with E-state index >= 15 is 0 Å². The van der Waals surface area contributed by atoms with Crippen LogP contribution in [-0.4, -0.2) is 119 Å². The van der Waals surface area contributed by atoms with E-state index in [9.17, 15) is 58.4 Å². The summed E-state index contributed by atoms with van der Waals surface area (Å²) in [5, 5.41) is 42.0. The maximum atomic E-state index is 12.5. The first-order valence-electron chi connectivity index (χ1n) is 14.2. The third-order valence-electron chi connectivity index (χ3n) is 7.59. The molecule has 4 aromatic rings. The predicted octanol–water partition coefficient (Wildman–Crippen LogP) is -4.13. The molecule has 2 aliphatic heterocycles. The van der Waals surface area contributed by atoms with Gasteiger partial charge in [0.1, 0.15) is 36.6 Å². The number of H-pyrrole nitrogens is 2. The molecule has 51 heavy (non-hydrogen) atoms. The van der Waals surface area contributed by atoms with Gasteiger partial charge in [0.2, 0.25) is 18.5 Å². The molecule has 0 aliphatic carbocycles. The van der Waals surface area contributed by atoms with Gasteiger partial charge in [-0.15, -0.1) is 0 Å². The van der Waals surface area contributed by atoms with Crippen LogP contribution in [0.25, 0.3) is 22.3 Å². The molecule has 0 radical (unpaired) electrons. The number of aliphatic hydroxyl groups is 4. The molecule has 0 spiro atoms. The Morgan fingerprint density at radius 3 is 1.96 bits per heavy atom. The Hall–Kier alpha value is -3.33. The van der Waals surface area contributed by atoms with Crippen molar-refractivity contribution in [2.24, 2.45) is 7.05 Å². The molecule has 30 heteroatoms. The minimum atomic E-state index is -5.99. The third kappa shape index (κ3) is 7.47. The molecule has 4 aromatic heterocycles. The first kappa shape index (κ1) is 37.4. The molecule has 11 atom stereocenters. The third-order valence-corrected chi connectivity index (χ3v) is 11.8. The van der Waals surface area contributed by atoms with Crippen molar-refractivity contribution in [3.63, 3.8) is 0 Å². The highest BCUT2D eigenvalue weighted by molar-refractivity contribution is 7.66. The first-order valence-corrected chi connectivity index (χ1v) is 18.7. The lowest BCUT2D eigenvalue weighted by Crippen LogP contribution is -2.34. The van der Waals surface area contributed by atoms with Gasteiger partial charge in [-0.25, -0.2) is 23.2 Å². The molecule has 27 nitrogen and oxygen atoms in total. The SMILES string of the molecule is C[n+]1cn([C@@H]2O[C@H](COP(=O)(O)OP(=O)(O)OP(=O)(O)OC[C@H]3O[C@@H](n4cnc5c(=O)[nH]c(N)nc54)[C@@H](O)C3O)C(O)[C@@H]2O)c2nc[nH]c(=O)c21. The van der Waals surface area contributed by atoms with Crippen molar-refractivity contribution in [1.82, 2.24) is 34.1 Å². The number of hydrogen-bond donors (Lipinski definition) is 10. The number of nitrogens with one attached hydrogen (secondary N) is 2. The van der Waals surface area contributed by atoms with E-state index < -0.39 is 96.9 Å². The average molecular weight is 788 g/mol. The van der Waals surface area contributed by atoms with Gasteiger partial charge in [0, 0.05) is 0 Å². The minimum absolute atomic E-state index is 0.0433. The van der Waals surface area contributed by atoms with E-state index in [2.05, 4.69) is 42.6 Å². The number of anilines is 1. The molecule has 2 aliphatic rings. The number of phosphoric ester groups is 2. The van der Waals surface area contributed by atoms with E-state index in [4.69, 9.17) is 15.2 Å². The van der Waals surface area contributed by atoms with E-state index in [0.717, 1.165) is 17.2 Å². The van der Waals surface area contributed by atoms with Crippen LogP contribution in [0.3, 0.4) is 0 Å². The maximum absolute atomic E-state index is 12.5. The number of fused-ring (bicyclic) bond motifs is 2. The number of nitrogen functional groups attached to an aromatic ring is 1. The number of nitrogens with two attached hydrogens (primary N) is 1. The molecule has 0 amide bonds. The Morgan fingerprint density at radius 2 is 1.39 bits per heavy atom. The fraction of sp³-hybridized carbons (Fsp3) is 0.524. The molecular weight excluding hydrogens is 759 g/mol. The predicted molar refractivity (Wildman–Crippen MR) is 159 cm³/mol. The number of nitrogens with zero attached hydrogens (tertiary/aromatic N) is 6. The summed E-state index contributed by atoms with van der Waals surface area (Å²) < 4.78 is 69.2. The number of aromatic amines is 2. The summed E-state index contributed by atoms with van der Waals surface area (Å²) in [6.07, 6.45) is -9.67. The standard InChI is InChI=1S/C21H28N9O18P3/c1-28-6-30(16-10(28)18(36)24-4-23-16)20-14(34)12(32)8(46-20)3-44-50(39,40)48-51(41,42)47-49(37,38)43-2-7-11(31)13(33)19(45-7)29-5-25-9-15(29)26-21(22)27-17(9)35/h4-8,11-14,19-20,31-34H,2-3H2,1H3,(H6-,22,23,24,26,27,35,36,37,38,39,40,41,42)/p+1/t7-,8-,11?,12?,13+,14+,19-,20-/m1/s1. The topological polar surface area (TPSA) is 392 Å². The minimum Gasteiger partial charge on any atom is -0.387 e. The Balaban J connectivity index is 1.04. The Morgan fingerprint density at radius 1 is 0.843 bits per heavy atom. The fourth-order valence-corrected chi connectivity index (χ4v) is 8.88. The van der Waals surface area contributed by atoms with Gasteiger partial charge in [-0.05, 0) is 0 Å². The van der Waals surface area contributed by atoms with E-state index in [1.807, 2.05) is 0 Å². The second-order valence-electron chi connectivity index (χ2n) is 11.1. The number of aryl methyl sites for hydroxylation is 1. The lowest BCUT2D eigenvalue weighted by Gasteiger charge is -2.21. The van der Waals surface area contributed by atoms with Crippen LogP contribution in [0.15, 0.2) is 28.6 Å². The Labute approximate surface area is 281 Å². The Kier molecular flexibility index (Phi) is 9.96. The summed E-state index contributed by atoms with van der Waals surface area (Å²) in [6, 6.07) is 0. The summed E-state index contributed by atoms with van der Waals surface area (Å²) >= 11 is 0. The van der Waals surface area contributed by atoms with E-state index in [0.29, 0.717) is 0 Å². The lowest BCUT2D eigenvalue weighted by molar-refractivity contribution is -0.646. The monoisotopic (exact) mass is 788 g/mol. The molecule has 0 saturated carbocycles. The molecule has 11 N–H and O–H groups in total. The van der Waals surface area contributed by atoms with Gasteiger partial charge in [-0.2, -0.15) is 23.2 Å². The number of phosphoric acid groups is 3. The average Bonchev–Trinajstić information content (AvgIpc) is 3.74. The van der Waals surface area contributed by atoms with Crippen LogP contribution in [0.2, 0.25) is 0 Å². The zero-order valence-corrected chi connectivity index (χ0v) is 28.2. The van der Waals surface area contributed by atoms with Crippen molar-refractivity contribution in [1.29, 1.82) is 0 Å². The number of aromatic nitrogens is 8. The summed E-state index contributed by atoms with van der Waals surface area (Å²) in [6.45, 7) is -2.14. The van der Waals surface area contributed by atoms with Crippen molar-refractivity contribution in [2.45, 2.75) is 49.1 Å². The van der Waals surface area contributed by atoms with Crippen LogP contribution in [0, 0.1) is 0 Å². The van der Waals surface area contributed by atoms with Crippen molar-refractivity contribution in [3.05, 3.63) is 39.7 Å². The first-order chi connectivity index (χ1) is 23.8. The normalized spacial score (nSPS) is 30.4. The lowest BCUT2D eigenvalue weighted by atomic mass is 10.1. The smallest absolute Gasteiger partial charge is 0.387 e. The zero-order valence-electron chi connectivity index (χ0n) is 25.5. The van der Waals surface area contributed by atoms with Gasteiger partial charge >= 0.3 is 29.0 Å². The van der Waals surface area contributed by atoms with E-state index in [1.165, 1.54) is 22.5 Å². The number of imidazole rings is 2. The quantitative estimate of drug-likeness (QED) is 0.0481. The summed E-state index contributed by atoms with van der Waals surface area (Å²) in [5.41, 5.74) is 4.07. The van der Waals surface area contributed by atoms with Crippen molar-refractivity contribution >= 4 is 51.7 Å². The van der Waals surface area contributed by atoms with Crippen LogP contribution < -0.4 is 21.4 Å². The molecule has 6 rings (SSSR count). The molecule has 0 bridgehead atoms. The fourth-order valence-electron chi connectivity index (χ4n) is 5.36. The Bertz CT molecular complexity index is 2230. The highest BCUT2D eigenvalue weighted by Gasteiger charge is 2.50. The molecular formula is C21H29N9O18P3+. The van der Waals surface area contributed by atoms with Gasteiger partial charge in [0.15, 0.2) is 17.4 Å². The van der Waals surface area contributed by atoms with Crippen LogP contribution >= 0.6 is 23.5 Å². The highest BCUT2D eigenvalue weighted by Crippen LogP contribution is 2.67. The van der Waals surface area contributed by atoms with E-state index in [-0.39, 0.29) is 28.3 Å². The van der Waals surface area contributed by atoms with Gasteiger partial charge < -0.3 is 55.3 Å². The van der Waals surface area contributed by atoms with Crippen LogP contribution in [0.1, 0.15) is 12.5 Å². The molecule has 0 aromatic carbocycles. The van der Waals surface area contributed by atoms with E-state index in [1.54, 1.807) is 0 Å². The van der Waals surface area contributed by atoms with Crippen LogP contribution in [0.4, 0.5) is 5.95 Å². The molecule has 2 fully saturated rings. The second-order valence-corrected chi connectivity index (χ2v) is 15.7. The summed E-state index contributed by atoms with van der Waals surface area (Å²) in [7, 11) is -15.8. The molecule has 280 valence electrons. The van der Waals surface area contributed by atoms with Gasteiger partial charge in [-0.1, -0.05) is 0 Å². The van der Waals surface area contributed by atoms with Gasteiger partial charge in [0.25, 0.3) is 16.7 Å². The molecule has 2 saturated heterocycles. The second kappa shape index (κ2) is 13.6.